The van der Waals surface area contributed by atoms with Crippen LogP contribution in [0.15, 0.2) is 133 Å². The molecule has 0 fully saturated rings. The first-order valence-electron chi connectivity index (χ1n) is 12.7. The van der Waals surface area contributed by atoms with Gasteiger partial charge in [-0.1, -0.05) is 91.3 Å². The van der Waals surface area contributed by atoms with E-state index in [1.54, 1.807) is 0 Å². The van der Waals surface area contributed by atoms with Crippen molar-refractivity contribution in [3.8, 4) is 11.5 Å². The van der Waals surface area contributed by atoms with Crippen LogP contribution in [0.3, 0.4) is 0 Å². The lowest BCUT2D eigenvalue weighted by Crippen LogP contribution is -2.67. The average Bonchev–Trinajstić information content (AvgIpc) is 2.94. The van der Waals surface area contributed by atoms with Crippen LogP contribution < -0.4 is 21.1 Å². The molecule has 0 spiro atoms. The van der Waals surface area contributed by atoms with Crippen LogP contribution in [0.25, 0.3) is 0 Å². The monoisotopic (exact) mass is 489 g/mol. The predicted octanol–water partition coefficient (Wildman–Crippen LogP) is 6.86. The lowest BCUT2D eigenvalue weighted by Gasteiger charge is -2.43. The lowest BCUT2D eigenvalue weighted by molar-refractivity contribution is 0.483. The maximum absolute atomic E-state index is 14.0. The highest BCUT2D eigenvalue weighted by atomic mass is 19.1. The van der Waals surface area contributed by atoms with E-state index < -0.39 is 6.15 Å². The van der Waals surface area contributed by atoms with Crippen molar-refractivity contribution in [3.63, 3.8) is 0 Å². The van der Waals surface area contributed by atoms with Gasteiger partial charge in [0.2, 0.25) is 0 Å². The smallest absolute Gasteiger partial charge is 0.127 e. The van der Waals surface area contributed by atoms with Crippen LogP contribution in [0, 0.1) is 11.6 Å². The SMILES string of the molecule is Fc1ccc([B-](CCCc2ccccc2)(c2ccc(F)cc2)c2ccc(Oc3ccccc3)cc2)cc1. The number of aryl methyl sites for hydroxylation is 1. The molecule has 4 heteroatoms. The highest BCUT2D eigenvalue weighted by Gasteiger charge is 2.30. The highest BCUT2D eigenvalue weighted by molar-refractivity contribution is 7.11. The number of hydrogen-bond donors (Lipinski definition) is 0. The molecule has 0 saturated carbocycles. The minimum atomic E-state index is -1.51. The molecular formula is C33H28BF2O-. The van der Waals surface area contributed by atoms with Gasteiger partial charge < -0.3 is 4.74 Å². The maximum Gasteiger partial charge on any atom is 0.127 e. The summed E-state index contributed by atoms with van der Waals surface area (Å²) in [5.74, 6) is 0.959. The van der Waals surface area contributed by atoms with Gasteiger partial charge in [-0.05, 0) is 60.5 Å². The first kappa shape index (κ1) is 24.5. The first-order chi connectivity index (χ1) is 18.1. The Morgan fingerprint density at radius 2 is 0.919 bits per heavy atom. The summed E-state index contributed by atoms with van der Waals surface area (Å²) in [5.41, 5.74) is 4.43. The maximum atomic E-state index is 14.0. The van der Waals surface area contributed by atoms with Gasteiger partial charge in [0.05, 0.1) is 6.15 Å². The zero-order valence-electron chi connectivity index (χ0n) is 20.6. The average molecular weight is 489 g/mol. The molecule has 0 radical (unpaired) electrons. The molecular weight excluding hydrogens is 461 g/mol. The Bertz CT molecular complexity index is 1360. The Balaban J connectivity index is 1.57. The van der Waals surface area contributed by atoms with Crippen molar-refractivity contribution in [1.82, 2.24) is 0 Å². The molecule has 0 aliphatic heterocycles. The van der Waals surface area contributed by atoms with E-state index in [2.05, 4.69) is 36.4 Å². The number of benzene rings is 5. The number of halogens is 2. The van der Waals surface area contributed by atoms with Crippen LogP contribution in [-0.2, 0) is 6.42 Å². The fourth-order valence-electron chi connectivity index (χ4n) is 5.41. The van der Waals surface area contributed by atoms with E-state index in [-0.39, 0.29) is 11.6 Å². The Labute approximate surface area is 217 Å². The van der Waals surface area contributed by atoms with Gasteiger partial charge in [0.15, 0.2) is 0 Å². The van der Waals surface area contributed by atoms with Crippen molar-refractivity contribution in [2.45, 2.75) is 19.2 Å². The fraction of sp³-hybridized carbons (Fsp3) is 0.0909. The zero-order chi connectivity index (χ0) is 25.5. The van der Waals surface area contributed by atoms with Gasteiger partial charge in [0.25, 0.3) is 0 Å². The number of hydrogen-bond acceptors (Lipinski definition) is 1. The fourth-order valence-corrected chi connectivity index (χ4v) is 5.41. The van der Waals surface area contributed by atoms with E-state index in [1.807, 2.05) is 72.8 Å². The summed E-state index contributed by atoms with van der Waals surface area (Å²) < 4.78 is 34.0. The molecule has 5 aromatic rings. The molecule has 5 rings (SSSR count). The van der Waals surface area contributed by atoms with E-state index in [0.717, 1.165) is 47.0 Å². The van der Waals surface area contributed by atoms with Gasteiger partial charge in [0.1, 0.15) is 23.1 Å². The van der Waals surface area contributed by atoms with Crippen molar-refractivity contribution in [1.29, 1.82) is 0 Å². The summed E-state index contributed by atoms with van der Waals surface area (Å²) in [4.78, 5) is 0. The lowest BCUT2D eigenvalue weighted by atomic mass is 9.14. The van der Waals surface area contributed by atoms with Gasteiger partial charge in [0, 0.05) is 0 Å². The Morgan fingerprint density at radius 1 is 0.486 bits per heavy atom. The molecule has 0 heterocycles. The molecule has 184 valence electrons. The van der Waals surface area contributed by atoms with Gasteiger partial charge >= 0.3 is 0 Å². The van der Waals surface area contributed by atoms with Crippen LogP contribution in [0.5, 0.6) is 11.5 Å². The van der Waals surface area contributed by atoms with E-state index in [4.69, 9.17) is 4.74 Å². The van der Waals surface area contributed by atoms with Gasteiger partial charge in [-0.15, -0.1) is 0 Å². The first-order valence-corrected chi connectivity index (χ1v) is 12.7. The second kappa shape index (κ2) is 11.3. The van der Waals surface area contributed by atoms with Gasteiger partial charge in [-0.3, -0.25) is 0 Å². The largest absolute Gasteiger partial charge is 0.457 e. The third kappa shape index (κ3) is 5.64. The van der Waals surface area contributed by atoms with Crippen LogP contribution in [0.4, 0.5) is 8.78 Å². The van der Waals surface area contributed by atoms with Gasteiger partial charge in [-0.25, -0.2) is 8.78 Å². The molecule has 0 amide bonds. The summed E-state index contributed by atoms with van der Waals surface area (Å²) in [6.45, 7) is 0. The van der Waals surface area contributed by atoms with Crippen LogP contribution in [0.1, 0.15) is 12.0 Å². The Hall–Kier alpha value is -4.18. The topological polar surface area (TPSA) is 9.23 Å². The molecule has 0 atom stereocenters. The summed E-state index contributed by atoms with van der Waals surface area (Å²) in [6.07, 6.45) is 1.15. The Morgan fingerprint density at radius 3 is 1.43 bits per heavy atom. The van der Waals surface area contributed by atoms with Crippen molar-refractivity contribution in [2.75, 3.05) is 0 Å². The summed E-state index contributed by atoms with van der Waals surface area (Å²) in [7, 11) is 0. The number of ether oxygens (including phenoxy) is 1. The summed E-state index contributed by atoms with van der Waals surface area (Å²) >= 11 is 0. The molecule has 0 saturated heterocycles. The van der Waals surface area contributed by atoms with Crippen molar-refractivity contribution in [2.24, 2.45) is 0 Å². The van der Waals surface area contributed by atoms with Crippen LogP contribution >= 0.6 is 0 Å². The molecule has 0 aliphatic rings. The molecule has 0 aromatic heterocycles. The summed E-state index contributed by atoms with van der Waals surface area (Å²) in [6, 6.07) is 41.7. The molecule has 1 nitrogen and oxygen atoms in total. The molecule has 0 bridgehead atoms. The van der Waals surface area contributed by atoms with Gasteiger partial charge in [-0.2, -0.15) is 22.7 Å². The predicted molar refractivity (Wildman–Crippen MR) is 150 cm³/mol. The van der Waals surface area contributed by atoms with E-state index in [9.17, 15) is 8.78 Å². The second-order valence-corrected chi connectivity index (χ2v) is 9.51. The molecule has 0 N–H and O–H groups in total. The summed E-state index contributed by atoms with van der Waals surface area (Å²) in [5, 5.41) is 0. The molecule has 37 heavy (non-hydrogen) atoms. The highest BCUT2D eigenvalue weighted by Crippen LogP contribution is 2.23. The third-order valence-corrected chi connectivity index (χ3v) is 7.25. The standard InChI is InChI=1S/C33H28BF2O/c35-30-19-13-27(14-20-30)34(28-15-21-31(36)22-16-28,25-7-10-26-8-3-1-4-9-26)29-17-23-33(24-18-29)37-32-11-5-2-6-12-32/h1-6,8-9,11-24H,7,10,25H2/q-1. The van der Waals surface area contributed by atoms with Crippen LogP contribution in [-0.4, -0.2) is 6.15 Å². The quantitative estimate of drug-likeness (QED) is 0.206. The van der Waals surface area contributed by atoms with Crippen molar-refractivity contribution >= 4 is 22.5 Å². The van der Waals surface area contributed by atoms with Crippen molar-refractivity contribution < 1.29 is 13.5 Å². The second-order valence-electron chi connectivity index (χ2n) is 9.51. The molecule has 0 aliphatic carbocycles. The normalized spacial score (nSPS) is 11.3. The zero-order valence-corrected chi connectivity index (χ0v) is 20.6. The minimum absolute atomic E-state index is 0.275. The third-order valence-electron chi connectivity index (χ3n) is 7.25. The van der Waals surface area contributed by atoms with E-state index >= 15 is 0 Å². The number of para-hydroxylation sites is 1. The van der Waals surface area contributed by atoms with E-state index in [0.29, 0.717) is 0 Å². The number of rotatable bonds is 9. The molecule has 0 unspecified atom stereocenters. The minimum Gasteiger partial charge on any atom is -0.457 e. The van der Waals surface area contributed by atoms with Crippen LogP contribution in [0.2, 0.25) is 6.32 Å². The Kier molecular flexibility index (Phi) is 7.46. The van der Waals surface area contributed by atoms with E-state index in [1.165, 1.54) is 29.8 Å². The molecule has 5 aromatic carbocycles. The van der Waals surface area contributed by atoms with Crippen molar-refractivity contribution in [3.05, 3.63) is 151 Å².